The van der Waals surface area contributed by atoms with Crippen molar-refractivity contribution >= 4 is 34.5 Å². The normalized spacial score (nSPS) is 14.4. The Labute approximate surface area is 218 Å². The molecule has 0 saturated heterocycles. The average molecular weight is 546 g/mol. The molecule has 7 nitrogen and oxygen atoms in total. The molecule has 0 bridgehead atoms. The molecule has 1 aliphatic heterocycles. The number of carbonyl (C=O) groups is 2. The molecule has 2 aromatic rings. The summed E-state index contributed by atoms with van der Waals surface area (Å²) in [5.41, 5.74) is 8.82. The van der Waals surface area contributed by atoms with Crippen molar-refractivity contribution in [3.8, 4) is 5.75 Å². The number of halogens is 1. The largest absolute Gasteiger partial charge is 0.507 e. The highest BCUT2D eigenvalue weighted by Gasteiger charge is 2.31. The van der Waals surface area contributed by atoms with Crippen molar-refractivity contribution in [1.82, 2.24) is 9.88 Å². The van der Waals surface area contributed by atoms with E-state index in [4.69, 9.17) is 11.1 Å². The minimum absolute atomic E-state index is 0. The average Bonchev–Trinajstić information content (AvgIpc) is 3.01. The fraction of sp³-hybridized carbons (Fsp3) is 0.481. The second kappa shape index (κ2) is 10.1. The topological polar surface area (TPSA) is 120 Å². The maximum atomic E-state index is 13.4. The first kappa shape index (κ1) is 28.5. The van der Waals surface area contributed by atoms with Gasteiger partial charge in [0.05, 0.1) is 6.54 Å². The molecule has 1 atom stereocenters. The van der Waals surface area contributed by atoms with Gasteiger partial charge < -0.3 is 15.7 Å². The van der Waals surface area contributed by atoms with E-state index in [0.29, 0.717) is 29.9 Å². The molecule has 2 heterocycles. The molecule has 0 saturated carbocycles. The molecular formula is C27H37BrN4O3. The zero-order valence-electron chi connectivity index (χ0n) is 21.7. The lowest BCUT2D eigenvalue weighted by molar-refractivity contribution is -0.121. The molecule has 1 aromatic carbocycles. The van der Waals surface area contributed by atoms with Crippen molar-refractivity contribution in [2.24, 2.45) is 11.7 Å². The van der Waals surface area contributed by atoms with Gasteiger partial charge >= 0.3 is 0 Å². The number of hydrogen-bond donors (Lipinski definition) is 3. The lowest BCUT2D eigenvalue weighted by Gasteiger charge is -2.28. The van der Waals surface area contributed by atoms with Crippen LogP contribution in [0.5, 0.6) is 5.75 Å². The van der Waals surface area contributed by atoms with Gasteiger partial charge in [0.2, 0.25) is 5.91 Å². The third-order valence-electron chi connectivity index (χ3n) is 6.32. The second-order valence-corrected chi connectivity index (χ2v) is 11.4. The van der Waals surface area contributed by atoms with Crippen LogP contribution in [0.4, 0.5) is 0 Å². The maximum Gasteiger partial charge on any atom is 0.220 e. The van der Waals surface area contributed by atoms with Crippen LogP contribution in [0.3, 0.4) is 0 Å². The summed E-state index contributed by atoms with van der Waals surface area (Å²) in [5.74, 6) is -0.413. The molecule has 1 amide bonds. The first-order valence-corrected chi connectivity index (χ1v) is 11.6. The number of benzene rings is 1. The molecule has 0 fully saturated rings. The van der Waals surface area contributed by atoms with Gasteiger partial charge in [-0.3, -0.25) is 15.0 Å². The minimum Gasteiger partial charge on any atom is -0.507 e. The fourth-order valence-electron chi connectivity index (χ4n) is 4.16. The lowest BCUT2D eigenvalue weighted by atomic mass is 9.78. The van der Waals surface area contributed by atoms with Crippen LogP contribution in [0, 0.1) is 11.3 Å². The number of amidine groups is 1. The number of phenolic OH excluding ortho intramolecular Hbond substituents is 1. The number of hydrogen-bond acceptors (Lipinski definition) is 5. The number of nitrogens with two attached hydrogens (primary N) is 1. The predicted molar refractivity (Wildman–Crippen MR) is 144 cm³/mol. The summed E-state index contributed by atoms with van der Waals surface area (Å²) in [7, 11) is 0. The Bertz CT molecular complexity index is 1130. The van der Waals surface area contributed by atoms with E-state index in [1.807, 2.05) is 53.7 Å². The number of primary amides is 1. The first-order valence-electron chi connectivity index (χ1n) is 11.6. The summed E-state index contributed by atoms with van der Waals surface area (Å²) in [4.78, 5) is 31.0. The fourth-order valence-corrected chi connectivity index (χ4v) is 4.16. The Morgan fingerprint density at radius 1 is 1.11 bits per heavy atom. The van der Waals surface area contributed by atoms with Crippen LogP contribution in [0.2, 0.25) is 0 Å². The Hall–Kier alpha value is -2.74. The monoisotopic (exact) mass is 544 g/mol. The van der Waals surface area contributed by atoms with Gasteiger partial charge in [-0.2, -0.15) is 0 Å². The van der Waals surface area contributed by atoms with Gasteiger partial charge in [0.25, 0.3) is 0 Å². The zero-order valence-corrected chi connectivity index (χ0v) is 23.4. The number of ketones is 1. The molecule has 35 heavy (non-hydrogen) atoms. The number of Topliss-reactive ketones (excluding diaryl/α,β-unsaturated/α-hetero) is 1. The molecule has 0 radical (unpaired) electrons. The molecular weight excluding hydrogens is 508 g/mol. The summed E-state index contributed by atoms with van der Waals surface area (Å²) in [6.07, 6.45) is 0.410. The van der Waals surface area contributed by atoms with Crippen LogP contribution in [0.15, 0.2) is 24.3 Å². The van der Waals surface area contributed by atoms with Gasteiger partial charge in [-0.25, -0.2) is 4.98 Å². The lowest BCUT2D eigenvalue weighted by Crippen LogP contribution is -2.31. The Balaban J connectivity index is 0.00000432. The summed E-state index contributed by atoms with van der Waals surface area (Å²) in [6.45, 7) is 14.3. The van der Waals surface area contributed by atoms with Gasteiger partial charge in [0.1, 0.15) is 17.3 Å². The Morgan fingerprint density at radius 3 is 2.14 bits per heavy atom. The smallest absolute Gasteiger partial charge is 0.220 e. The number of carbonyl (C=O) groups excluding carboxylic acids is 2. The van der Waals surface area contributed by atoms with Crippen LogP contribution in [0.25, 0.3) is 0 Å². The van der Waals surface area contributed by atoms with Gasteiger partial charge in [0.15, 0.2) is 5.78 Å². The number of nitrogens with one attached hydrogen (secondary N) is 1. The van der Waals surface area contributed by atoms with E-state index in [-0.39, 0.29) is 63.5 Å². The van der Waals surface area contributed by atoms with Crippen LogP contribution in [0.1, 0.15) is 86.9 Å². The van der Waals surface area contributed by atoms with E-state index in [9.17, 15) is 14.7 Å². The van der Waals surface area contributed by atoms with Crippen molar-refractivity contribution in [2.75, 3.05) is 6.54 Å². The first-order chi connectivity index (χ1) is 15.6. The quantitative estimate of drug-likeness (QED) is 0.457. The number of aromatic nitrogens is 1. The predicted octanol–water partition coefficient (Wildman–Crippen LogP) is 4.65. The van der Waals surface area contributed by atoms with Crippen molar-refractivity contribution < 1.29 is 14.7 Å². The highest BCUT2D eigenvalue weighted by atomic mass is 79.9. The van der Waals surface area contributed by atoms with E-state index in [1.165, 1.54) is 0 Å². The zero-order chi connectivity index (χ0) is 25.6. The molecule has 4 N–H and O–H groups in total. The number of nitrogens with zero attached hydrogens (tertiary/aromatic N) is 2. The number of fused-ring (bicyclic) bond motifs is 1. The van der Waals surface area contributed by atoms with Crippen molar-refractivity contribution in [1.29, 1.82) is 5.41 Å². The summed E-state index contributed by atoms with van der Waals surface area (Å²) >= 11 is 0. The molecule has 1 unspecified atom stereocenters. The van der Waals surface area contributed by atoms with Crippen LogP contribution in [-0.4, -0.2) is 39.1 Å². The number of rotatable bonds is 6. The Morgan fingerprint density at radius 2 is 1.66 bits per heavy atom. The molecule has 8 heteroatoms. The van der Waals surface area contributed by atoms with E-state index in [0.717, 1.165) is 16.7 Å². The van der Waals surface area contributed by atoms with Crippen molar-refractivity contribution in [3.63, 3.8) is 0 Å². The third kappa shape index (κ3) is 6.10. The summed E-state index contributed by atoms with van der Waals surface area (Å²) < 4.78 is 0. The van der Waals surface area contributed by atoms with Crippen molar-refractivity contribution in [3.05, 3.63) is 57.9 Å². The molecule has 190 valence electrons. The van der Waals surface area contributed by atoms with Gasteiger partial charge in [-0.1, -0.05) is 54.5 Å². The van der Waals surface area contributed by atoms with E-state index in [2.05, 4.69) is 4.98 Å². The second-order valence-electron chi connectivity index (χ2n) is 11.4. The standard InChI is InChI=1S/C27H36N4O3.BrH/c1-15(25(29)34)10-18-9-8-16-13-31(24(28)22(16)30-18)14-21(32)17-11-19(26(2,3)4)23(33)20(12-17)27(5,6)7;/h8-9,11-12,15,28,33H,10,13-14H2,1-7H3,(H2,29,34);1H. The summed E-state index contributed by atoms with van der Waals surface area (Å²) in [5, 5.41) is 19.5. The van der Waals surface area contributed by atoms with Crippen LogP contribution >= 0.6 is 17.0 Å². The molecule has 1 aliphatic rings. The van der Waals surface area contributed by atoms with Crippen LogP contribution < -0.4 is 5.73 Å². The number of pyridine rings is 1. The van der Waals surface area contributed by atoms with Gasteiger partial charge in [0, 0.05) is 46.8 Å². The third-order valence-corrected chi connectivity index (χ3v) is 6.32. The maximum absolute atomic E-state index is 13.4. The molecule has 0 spiro atoms. The summed E-state index contributed by atoms with van der Waals surface area (Å²) in [6, 6.07) is 7.31. The highest BCUT2D eigenvalue weighted by Crippen LogP contribution is 2.40. The van der Waals surface area contributed by atoms with Crippen molar-refractivity contribution in [2.45, 2.75) is 72.3 Å². The molecule has 1 aromatic heterocycles. The SMILES string of the molecule is Br.CC(Cc1ccc2c(n1)C(=N)N(CC(=O)c1cc(C(C)(C)C)c(O)c(C(C)(C)C)c1)C2)C(N)=O. The molecule has 3 rings (SSSR count). The highest BCUT2D eigenvalue weighted by molar-refractivity contribution is 8.93. The van der Waals surface area contributed by atoms with E-state index in [1.54, 1.807) is 24.0 Å². The van der Waals surface area contributed by atoms with Crippen LogP contribution in [-0.2, 0) is 28.6 Å². The number of amides is 1. The molecule has 0 aliphatic carbocycles. The minimum atomic E-state index is -0.386. The van der Waals surface area contributed by atoms with E-state index < -0.39 is 0 Å². The van der Waals surface area contributed by atoms with Gasteiger partial charge in [-0.15, -0.1) is 17.0 Å². The van der Waals surface area contributed by atoms with E-state index >= 15 is 0 Å². The number of phenols is 1. The van der Waals surface area contributed by atoms with Gasteiger partial charge in [-0.05, 0) is 29.0 Å². The Kier molecular flexibility index (Phi) is 8.22. The number of aromatic hydroxyl groups is 1.